The Bertz CT molecular complexity index is 424. The van der Waals surface area contributed by atoms with Gasteiger partial charge in [0, 0.05) is 0 Å². The van der Waals surface area contributed by atoms with Gasteiger partial charge in [-0.1, -0.05) is 30.3 Å². The summed E-state index contributed by atoms with van der Waals surface area (Å²) in [6, 6.07) is 9.86. The Morgan fingerprint density at radius 2 is 2.07 bits per heavy atom. The number of hydrogen-bond donors (Lipinski definition) is 0. The van der Waals surface area contributed by atoms with Crippen LogP contribution in [0.15, 0.2) is 36.5 Å². The molecule has 1 heterocycles. The minimum absolute atomic E-state index is 0.0533. The number of alkyl halides is 1. The fraction of sp³-hybridized carbons (Fsp3) is 0.273. The van der Waals surface area contributed by atoms with E-state index in [0.29, 0.717) is 0 Å². The van der Waals surface area contributed by atoms with Crippen LogP contribution in [0.25, 0.3) is 5.69 Å². The summed E-state index contributed by atoms with van der Waals surface area (Å²) in [5, 5.41) is 8.03. The predicted molar refractivity (Wildman–Crippen MR) is 60.2 cm³/mol. The maximum absolute atomic E-state index is 6.08. The normalized spacial score (nSPS) is 12.7. The zero-order valence-corrected chi connectivity index (χ0v) is 9.22. The Morgan fingerprint density at radius 1 is 1.33 bits per heavy atom. The summed E-state index contributed by atoms with van der Waals surface area (Å²) in [4.78, 5) is 0. The fourth-order valence-electron chi connectivity index (χ4n) is 1.34. The minimum atomic E-state index is -0.0533. The molecule has 0 saturated heterocycles. The van der Waals surface area contributed by atoms with Crippen LogP contribution in [0.5, 0.6) is 0 Å². The highest BCUT2D eigenvalue weighted by Gasteiger charge is 2.10. The maximum atomic E-state index is 6.08. The summed E-state index contributed by atoms with van der Waals surface area (Å²) in [6.07, 6.45) is 2.73. The van der Waals surface area contributed by atoms with E-state index in [-0.39, 0.29) is 5.38 Å². The summed E-state index contributed by atoms with van der Waals surface area (Å²) in [5.41, 5.74) is 1.82. The van der Waals surface area contributed by atoms with Crippen molar-refractivity contribution < 1.29 is 0 Å². The van der Waals surface area contributed by atoms with Crippen molar-refractivity contribution in [3.8, 4) is 5.69 Å². The van der Waals surface area contributed by atoms with Gasteiger partial charge in [-0.2, -0.15) is 0 Å². The predicted octanol–water partition coefficient (Wildman–Crippen LogP) is 2.96. The van der Waals surface area contributed by atoms with Crippen LogP contribution in [0.1, 0.15) is 24.4 Å². The van der Waals surface area contributed by atoms with Crippen molar-refractivity contribution >= 4 is 11.6 Å². The Balaban J connectivity index is 2.28. The zero-order chi connectivity index (χ0) is 10.7. The molecule has 0 radical (unpaired) electrons. The summed E-state index contributed by atoms with van der Waals surface area (Å²) in [6.45, 7) is 2.03. The summed E-state index contributed by atoms with van der Waals surface area (Å²) in [7, 11) is 0. The first kappa shape index (κ1) is 10.2. The second-order valence-corrected chi connectivity index (χ2v) is 3.83. The van der Waals surface area contributed by atoms with Crippen molar-refractivity contribution in [3.05, 3.63) is 42.2 Å². The first-order valence-corrected chi connectivity index (χ1v) is 5.36. The number of nitrogens with zero attached hydrogens (tertiary/aromatic N) is 3. The van der Waals surface area contributed by atoms with Crippen LogP contribution >= 0.6 is 11.6 Å². The molecule has 78 valence electrons. The molecular weight excluding hydrogens is 210 g/mol. The molecule has 1 aromatic carbocycles. The van der Waals surface area contributed by atoms with E-state index in [4.69, 9.17) is 11.6 Å². The van der Waals surface area contributed by atoms with Gasteiger partial charge >= 0.3 is 0 Å². The van der Waals surface area contributed by atoms with Crippen LogP contribution in [0.3, 0.4) is 0 Å². The molecule has 3 nitrogen and oxygen atoms in total. The molecular formula is C11H12ClN3. The molecule has 0 aliphatic rings. The van der Waals surface area contributed by atoms with Crippen molar-refractivity contribution in [2.45, 2.75) is 18.7 Å². The Kier molecular flexibility index (Phi) is 3.02. The number of para-hydroxylation sites is 1. The summed E-state index contributed by atoms with van der Waals surface area (Å²) >= 11 is 6.08. The Labute approximate surface area is 93.7 Å². The van der Waals surface area contributed by atoms with Gasteiger partial charge in [0.05, 0.1) is 17.3 Å². The van der Waals surface area contributed by atoms with E-state index in [1.807, 2.05) is 43.5 Å². The number of benzene rings is 1. The largest absolute Gasteiger partial charge is 0.220 e. The third-order valence-electron chi connectivity index (χ3n) is 2.21. The first-order chi connectivity index (χ1) is 7.31. The van der Waals surface area contributed by atoms with E-state index >= 15 is 0 Å². The van der Waals surface area contributed by atoms with Crippen molar-refractivity contribution in [2.24, 2.45) is 0 Å². The summed E-state index contributed by atoms with van der Waals surface area (Å²) < 4.78 is 1.74. The standard InChI is InChI=1S/C11H12ClN3/c1-2-10(12)11-8-15(14-13-11)9-6-4-3-5-7-9/h3-8,10H,2H2,1H3. The van der Waals surface area contributed by atoms with Crippen LogP contribution in [0, 0.1) is 0 Å². The van der Waals surface area contributed by atoms with Gasteiger partial charge in [0.1, 0.15) is 5.69 Å². The third-order valence-corrected chi connectivity index (χ3v) is 2.74. The molecule has 1 unspecified atom stereocenters. The molecule has 4 heteroatoms. The SMILES string of the molecule is CCC(Cl)c1cn(-c2ccccc2)nn1. The van der Waals surface area contributed by atoms with Crippen LogP contribution in [0.4, 0.5) is 0 Å². The average Bonchev–Trinajstić information content (AvgIpc) is 2.78. The number of hydrogen-bond acceptors (Lipinski definition) is 2. The lowest BCUT2D eigenvalue weighted by Crippen LogP contribution is -1.93. The van der Waals surface area contributed by atoms with Gasteiger partial charge in [-0.25, -0.2) is 4.68 Å². The molecule has 0 bridgehead atoms. The molecule has 0 fully saturated rings. The molecule has 2 rings (SSSR count). The second-order valence-electron chi connectivity index (χ2n) is 3.30. The van der Waals surface area contributed by atoms with Crippen molar-refractivity contribution in [2.75, 3.05) is 0 Å². The summed E-state index contributed by atoms with van der Waals surface area (Å²) in [5.74, 6) is 0. The molecule has 0 saturated carbocycles. The van der Waals surface area contributed by atoms with Gasteiger partial charge in [-0.05, 0) is 18.6 Å². The molecule has 0 aliphatic carbocycles. The van der Waals surface area contributed by atoms with E-state index in [2.05, 4.69) is 10.3 Å². The lowest BCUT2D eigenvalue weighted by Gasteiger charge is -1.99. The van der Waals surface area contributed by atoms with Crippen LogP contribution in [-0.4, -0.2) is 15.0 Å². The van der Waals surface area contributed by atoms with E-state index in [1.165, 1.54) is 0 Å². The average molecular weight is 222 g/mol. The van der Waals surface area contributed by atoms with Crippen molar-refractivity contribution in [1.29, 1.82) is 0 Å². The first-order valence-electron chi connectivity index (χ1n) is 4.93. The van der Waals surface area contributed by atoms with Gasteiger partial charge in [-0.3, -0.25) is 0 Å². The van der Waals surface area contributed by atoms with Gasteiger partial charge in [-0.15, -0.1) is 16.7 Å². The smallest absolute Gasteiger partial charge is 0.101 e. The highest BCUT2D eigenvalue weighted by atomic mass is 35.5. The Hall–Kier alpha value is -1.35. The minimum Gasteiger partial charge on any atom is -0.220 e. The van der Waals surface area contributed by atoms with E-state index in [9.17, 15) is 0 Å². The highest BCUT2D eigenvalue weighted by molar-refractivity contribution is 6.20. The zero-order valence-electron chi connectivity index (χ0n) is 8.47. The third kappa shape index (κ3) is 2.18. The van der Waals surface area contributed by atoms with Gasteiger partial charge in [0.2, 0.25) is 0 Å². The number of aromatic nitrogens is 3. The number of rotatable bonds is 3. The van der Waals surface area contributed by atoms with Crippen LogP contribution < -0.4 is 0 Å². The molecule has 2 aromatic rings. The lowest BCUT2D eigenvalue weighted by molar-refractivity contribution is 0.786. The lowest BCUT2D eigenvalue weighted by atomic mass is 10.2. The van der Waals surface area contributed by atoms with E-state index in [1.54, 1.807) is 4.68 Å². The number of halogens is 1. The van der Waals surface area contributed by atoms with Crippen molar-refractivity contribution in [3.63, 3.8) is 0 Å². The van der Waals surface area contributed by atoms with Crippen molar-refractivity contribution in [1.82, 2.24) is 15.0 Å². The van der Waals surface area contributed by atoms with Gasteiger partial charge in [0.15, 0.2) is 0 Å². The van der Waals surface area contributed by atoms with E-state index in [0.717, 1.165) is 17.8 Å². The molecule has 0 amide bonds. The fourth-order valence-corrected chi connectivity index (χ4v) is 1.44. The molecule has 1 atom stereocenters. The molecule has 15 heavy (non-hydrogen) atoms. The molecule has 0 aliphatic heterocycles. The molecule has 0 spiro atoms. The second kappa shape index (κ2) is 4.45. The van der Waals surface area contributed by atoms with E-state index < -0.39 is 0 Å². The maximum Gasteiger partial charge on any atom is 0.101 e. The van der Waals surface area contributed by atoms with Gasteiger partial charge < -0.3 is 0 Å². The quantitative estimate of drug-likeness (QED) is 0.747. The van der Waals surface area contributed by atoms with Crippen LogP contribution in [0.2, 0.25) is 0 Å². The monoisotopic (exact) mass is 221 g/mol. The highest BCUT2D eigenvalue weighted by Crippen LogP contribution is 2.21. The Morgan fingerprint density at radius 3 is 2.73 bits per heavy atom. The van der Waals surface area contributed by atoms with Crippen LogP contribution in [-0.2, 0) is 0 Å². The molecule has 1 aromatic heterocycles. The topological polar surface area (TPSA) is 30.7 Å². The molecule has 0 N–H and O–H groups in total. The van der Waals surface area contributed by atoms with Gasteiger partial charge in [0.25, 0.3) is 0 Å².